The summed E-state index contributed by atoms with van der Waals surface area (Å²) in [7, 11) is 0. The first-order chi connectivity index (χ1) is 10.8. The Morgan fingerprint density at radius 1 is 1.14 bits per heavy atom. The number of hydrogen-bond acceptors (Lipinski definition) is 1. The van der Waals surface area contributed by atoms with Gasteiger partial charge in [0.05, 0.1) is 0 Å². The van der Waals surface area contributed by atoms with E-state index in [-0.39, 0.29) is 0 Å². The Bertz CT molecular complexity index is 613. The molecule has 0 amide bonds. The summed E-state index contributed by atoms with van der Waals surface area (Å²) < 4.78 is 0. The van der Waals surface area contributed by atoms with Gasteiger partial charge >= 0.3 is 0 Å². The summed E-state index contributed by atoms with van der Waals surface area (Å²) in [5.74, 6) is 0.915. The first-order valence-electron chi connectivity index (χ1n) is 8.40. The fourth-order valence-electron chi connectivity index (χ4n) is 2.66. The van der Waals surface area contributed by atoms with E-state index in [9.17, 15) is 0 Å². The molecule has 0 bridgehead atoms. The zero-order valence-corrected chi connectivity index (χ0v) is 14.0. The van der Waals surface area contributed by atoms with Gasteiger partial charge in [-0.2, -0.15) is 0 Å². The fourth-order valence-corrected chi connectivity index (χ4v) is 2.66. The van der Waals surface area contributed by atoms with Crippen molar-refractivity contribution in [1.82, 2.24) is 15.6 Å². The van der Waals surface area contributed by atoms with E-state index >= 15 is 0 Å². The van der Waals surface area contributed by atoms with E-state index in [4.69, 9.17) is 0 Å². The van der Waals surface area contributed by atoms with Crippen LogP contribution >= 0.6 is 0 Å². The van der Waals surface area contributed by atoms with Gasteiger partial charge in [0, 0.05) is 36.7 Å². The molecule has 0 aliphatic carbocycles. The minimum atomic E-state index is 0.863. The maximum Gasteiger partial charge on any atom is 0.191 e. The number of aromatic nitrogens is 1. The van der Waals surface area contributed by atoms with Crippen molar-refractivity contribution in [1.29, 1.82) is 0 Å². The van der Waals surface area contributed by atoms with Crippen molar-refractivity contribution in [2.45, 2.75) is 40.0 Å². The summed E-state index contributed by atoms with van der Waals surface area (Å²) in [6.45, 7) is 9.08. The summed E-state index contributed by atoms with van der Waals surface area (Å²) >= 11 is 0. The molecule has 0 saturated carbocycles. The van der Waals surface area contributed by atoms with Crippen molar-refractivity contribution >= 4 is 16.9 Å². The number of H-pyrrole nitrogens is 1. The average molecular weight is 300 g/mol. The highest BCUT2D eigenvalue weighted by atomic mass is 15.2. The van der Waals surface area contributed by atoms with E-state index in [0.717, 1.165) is 44.9 Å². The van der Waals surface area contributed by atoms with Crippen LogP contribution in [0.2, 0.25) is 0 Å². The van der Waals surface area contributed by atoms with E-state index < -0.39 is 0 Å². The zero-order chi connectivity index (χ0) is 15.8. The second-order valence-electron chi connectivity index (χ2n) is 5.44. The predicted octanol–water partition coefficient (Wildman–Crippen LogP) is 3.24. The third-order valence-corrected chi connectivity index (χ3v) is 3.79. The molecule has 4 heteroatoms. The Morgan fingerprint density at radius 2 is 2.00 bits per heavy atom. The molecule has 2 rings (SSSR count). The van der Waals surface area contributed by atoms with E-state index in [2.05, 4.69) is 65.8 Å². The molecule has 0 spiro atoms. The lowest BCUT2D eigenvalue weighted by atomic mass is 10.1. The lowest BCUT2D eigenvalue weighted by molar-refractivity contribution is 0.795. The molecule has 1 aromatic carbocycles. The monoisotopic (exact) mass is 300 g/mol. The lowest BCUT2D eigenvalue weighted by Crippen LogP contribution is -2.38. The number of aryl methyl sites for hydroxylation is 1. The number of rotatable bonds is 7. The van der Waals surface area contributed by atoms with E-state index in [0.29, 0.717) is 0 Å². The third kappa shape index (κ3) is 4.03. The average Bonchev–Trinajstić information content (AvgIpc) is 2.96. The Morgan fingerprint density at radius 3 is 2.73 bits per heavy atom. The number of guanidine groups is 1. The van der Waals surface area contributed by atoms with Gasteiger partial charge in [0.1, 0.15) is 0 Å². The van der Waals surface area contributed by atoms with Gasteiger partial charge in [-0.05, 0) is 37.3 Å². The maximum absolute atomic E-state index is 4.53. The second-order valence-corrected chi connectivity index (χ2v) is 5.44. The van der Waals surface area contributed by atoms with Crippen molar-refractivity contribution in [3.8, 4) is 0 Å². The van der Waals surface area contributed by atoms with Crippen LogP contribution in [0, 0.1) is 0 Å². The summed E-state index contributed by atoms with van der Waals surface area (Å²) in [4.78, 5) is 7.96. The van der Waals surface area contributed by atoms with Gasteiger partial charge in [0.25, 0.3) is 0 Å². The van der Waals surface area contributed by atoms with Gasteiger partial charge in [-0.15, -0.1) is 0 Å². The molecule has 0 aliphatic heterocycles. The van der Waals surface area contributed by atoms with Crippen molar-refractivity contribution in [2.75, 3.05) is 19.6 Å². The minimum absolute atomic E-state index is 0.863. The Kier molecular flexibility index (Phi) is 6.31. The molecule has 2 aromatic rings. The maximum atomic E-state index is 4.53. The molecule has 120 valence electrons. The smallest absolute Gasteiger partial charge is 0.191 e. The molecule has 0 unspecified atom stereocenters. The number of aliphatic imine (C=N–C) groups is 1. The number of para-hydroxylation sites is 1. The summed E-state index contributed by atoms with van der Waals surface area (Å²) in [6, 6.07) is 6.55. The van der Waals surface area contributed by atoms with E-state index in [1.165, 1.54) is 22.0 Å². The lowest BCUT2D eigenvalue weighted by Gasteiger charge is -2.10. The highest BCUT2D eigenvalue weighted by molar-refractivity contribution is 5.86. The molecule has 0 radical (unpaired) electrons. The molecule has 3 N–H and O–H groups in total. The molecule has 1 aromatic heterocycles. The third-order valence-electron chi connectivity index (χ3n) is 3.79. The first-order valence-corrected chi connectivity index (χ1v) is 8.40. The number of fused-ring (bicyclic) bond motifs is 1. The van der Waals surface area contributed by atoms with E-state index in [1.54, 1.807) is 0 Å². The van der Waals surface area contributed by atoms with Crippen molar-refractivity contribution < 1.29 is 0 Å². The largest absolute Gasteiger partial charge is 0.361 e. The van der Waals surface area contributed by atoms with Crippen LogP contribution in [0.15, 0.2) is 29.4 Å². The first kappa shape index (κ1) is 16.4. The number of aromatic amines is 1. The fraction of sp³-hybridized carbons (Fsp3) is 0.500. The summed E-state index contributed by atoms with van der Waals surface area (Å²) in [5.41, 5.74) is 4.03. The van der Waals surface area contributed by atoms with Gasteiger partial charge in [-0.25, -0.2) is 0 Å². The summed E-state index contributed by atoms with van der Waals surface area (Å²) in [5, 5.41) is 8.04. The number of hydrogen-bond donors (Lipinski definition) is 3. The van der Waals surface area contributed by atoms with Crippen molar-refractivity contribution in [3.63, 3.8) is 0 Å². The standard InChI is InChI=1S/C18H28N4/c1-4-11-20-18(19-6-3)21-12-10-15-13-22-17-14(5-2)8-7-9-16(15)17/h7-9,13,22H,4-6,10-12H2,1-3H3,(H2,19,20,21). The van der Waals surface area contributed by atoms with Crippen molar-refractivity contribution in [3.05, 3.63) is 35.5 Å². The SMILES string of the molecule is CCCN=C(NCC)NCCc1c[nH]c2c(CC)cccc12. The highest BCUT2D eigenvalue weighted by Gasteiger charge is 2.06. The Hall–Kier alpha value is -1.97. The Balaban J connectivity index is 1.99. The van der Waals surface area contributed by atoms with Crippen LogP contribution in [0.5, 0.6) is 0 Å². The topological polar surface area (TPSA) is 52.2 Å². The number of nitrogens with zero attached hydrogens (tertiary/aromatic N) is 1. The van der Waals surface area contributed by atoms with Crippen molar-refractivity contribution in [2.24, 2.45) is 4.99 Å². The van der Waals surface area contributed by atoms with Gasteiger partial charge in [0.15, 0.2) is 5.96 Å². The van der Waals surface area contributed by atoms with Crippen LogP contribution in [0.3, 0.4) is 0 Å². The molecule has 1 heterocycles. The van der Waals surface area contributed by atoms with Gasteiger partial charge in [0.2, 0.25) is 0 Å². The second kappa shape index (κ2) is 8.47. The molecule has 4 nitrogen and oxygen atoms in total. The van der Waals surface area contributed by atoms with Crippen LogP contribution in [-0.4, -0.2) is 30.6 Å². The van der Waals surface area contributed by atoms with Gasteiger partial charge < -0.3 is 15.6 Å². The molecule has 0 fully saturated rings. The normalized spacial score (nSPS) is 11.9. The molecule has 0 aliphatic rings. The molecule has 0 atom stereocenters. The zero-order valence-electron chi connectivity index (χ0n) is 14.0. The van der Waals surface area contributed by atoms with Gasteiger partial charge in [-0.3, -0.25) is 4.99 Å². The predicted molar refractivity (Wildman–Crippen MR) is 95.7 cm³/mol. The highest BCUT2D eigenvalue weighted by Crippen LogP contribution is 2.22. The molecular weight excluding hydrogens is 272 g/mol. The van der Waals surface area contributed by atoms with Crippen LogP contribution < -0.4 is 10.6 Å². The molecule has 0 saturated heterocycles. The molecular formula is C18H28N4. The van der Waals surface area contributed by atoms with Crippen LogP contribution in [0.1, 0.15) is 38.3 Å². The molecule has 22 heavy (non-hydrogen) atoms. The number of nitrogens with one attached hydrogen (secondary N) is 3. The number of benzene rings is 1. The van der Waals surface area contributed by atoms with Crippen LogP contribution in [0.25, 0.3) is 10.9 Å². The Labute approximate surface area is 133 Å². The van der Waals surface area contributed by atoms with E-state index in [1.807, 2.05) is 0 Å². The van der Waals surface area contributed by atoms with Gasteiger partial charge in [-0.1, -0.05) is 32.0 Å². The minimum Gasteiger partial charge on any atom is -0.361 e. The van der Waals surface area contributed by atoms with Crippen LogP contribution in [-0.2, 0) is 12.8 Å². The quantitative estimate of drug-likeness (QED) is 0.543. The summed E-state index contributed by atoms with van der Waals surface area (Å²) in [6.07, 6.45) is 5.26. The van der Waals surface area contributed by atoms with Crippen LogP contribution in [0.4, 0.5) is 0 Å².